The summed E-state index contributed by atoms with van der Waals surface area (Å²) >= 11 is 0. The number of hydrogen-bond acceptors (Lipinski definition) is 3. The highest BCUT2D eigenvalue weighted by Crippen LogP contribution is 2.16. The highest BCUT2D eigenvalue weighted by atomic mass is 19.1. The van der Waals surface area contributed by atoms with Crippen molar-refractivity contribution < 1.29 is 19.1 Å². The topological polar surface area (TPSA) is 70.5 Å². The third kappa shape index (κ3) is 3.51. The van der Waals surface area contributed by atoms with Crippen LogP contribution >= 0.6 is 0 Å². The normalized spacial score (nSPS) is 11.1. The smallest absolute Gasteiger partial charge is 0.323 e. The van der Waals surface area contributed by atoms with Crippen molar-refractivity contribution in [2.45, 2.75) is 26.3 Å². The summed E-state index contributed by atoms with van der Waals surface area (Å²) in [5, 5.41) is 8.81. The van der Waals surface area contributed by atoms with Gasteiger partial charge in [0.25, 0.3) is 5.91 Å². The third-order valence-corrected chi connectivity index (χ3v) is 2.29. The first-order chi connectivity index (χ1) is 8.21. The molecular formula is C12H15FN2O3. The van der Waals surface area contributed by atoms with Gasteiger partial charge in [0.1, 0.15) is 18.1 Å². The van der Waals surface area contributed by atoms with E-state index in [1.807, 2.05) is 0 Å². The number of carboxylic acids is 1. The molecule has 0 radical (unpaired) electrons. The van der Waals surface area contributed by atoms with Crippen LogP contribution < -0.4 is 0 Å². The number of carbonyl (C=O) groups excluding carboxylic acids is 1. The Kier molecular flexibility index (Phi) is 4.00. The van der Waals surface area contributed by atoms with E-state index in [0.29, 0.717) is 0 Å². The largest absolute Gasteiger partial charge is 0.480 e. The molecule has 1 heterocycles. The number of carbonyl (C=O) groups is 2. The minimum atomic E-state index is -1.11. The number of amides is 1. The Morgan fingerprint density at radius 1 is 1.39 bits per heavy atom. The molecule has 1 N–H and O–H groups in total. The molecule has 1 aromatic heterocycles. The quantitative estimate of drug-likeness (QED) is 0.888. The SMILES string of the molecule is CC(C)(C)N(CC(=O)O)C(=O)c1ccc(F)cn1. The van der Waals surface area contributed by atoms with Crippen LogP contribution in [0.15, 0.2) is 18.3 Å². The fraction of sp³-hybridized carbons (Fsp3) is 0.417. The number of halogens is 1. The molecule has 0 aromatic carbocycles. The lowest BCUT2D eigenvalue weighted by molar-refractivity contribution is -0.138. The molecule has 0 aliphatic heterocycles. The molecule has 0 saturated heterocycles. The van der Waals surface area contributed by atoms with Crippen LogP contribution in [0, 0.1) is 5.82 Å². The van der Waals surface area contributed by atoms with E-state index in [-0.39, 0.29) is 5.69 Å². The van der Waals surface area contributed by atoms with Crippen LogP contribution in [0.25, 0.3) is 0 Å². The van der Waals surface area contributed by atoms with E-state index in [0.717, 1.165) is 12.3 Å². The Hall–Kier alpha value is -1.98. The van der Waals surface area contributed by atoms with Crippen LogP contribution in [-0.4, -0.2) is 39.0 Å². The molecule has 0 unspecified atom stereocenters. The molecule has 6 heteroatoms. The van der Waals surface area contributed by atoms with Crippen molar-refractivity contribution in [2.75, 3.05) is 6.54 Å². The molecule has 0 atom stereocenters. The summed E-state index contributed by atoms with van der Waals surface area (Å²) in [6.07, 6.45) is 0.925. The summed E-state index contributed by atoms with van der Waals surface area (Å²) in [7, 11) is 0. The summed E-state index contributed by atoms with van der Waals surface area (Å²) < 4.78 is 12.7. The Bertz CT molecular complexity index is 451. The second kappa shape index (κ2) is 5.12. The number of nitrogens with zero attached hydrogens (tertiary/aromatic N) is 2. The molecule has 0 bridgehead atoms. The zero-order valence-electron chi connectivity index (χ0n) is 10.5. The standard InChI is InChI=1S/C12H15FN2O3/c1-12(2,3)15(7-10(16)17)11(18)9-5-4-8(13)6-14-9/h4-6H,7H2,1-3H3,(H,16,17). The summed E-state index contributed by atoms with van der Waals surface area (Å²) in [6, 6.07) is 2.35. The summed E-state index contributed by atoms with van der Waals surface area (Å²) in [6.45, 7) is 4.73. The van der Waals surface area contributed by atoms with Gasteiger partial charge >= 0.3 is 5.97 Å². The van der Waals surface area contributed by atoms with Crippen molar-refractivity contribution in [1.82, 2.24) is 9.88 Å². The van der Waals surface area contributed by atoms with Crippen LogP contribution in [0.3, 0.4) is 0 Å². The molecule has 1 amide bonds. The second-order valence-corrected chi connectivity index (χ2v) is 4.82. The van der Waals surface area contributed by atoms with E-state index >= 15 is 0 Å². The van der Waals surface area contributed by atoms with Crippen molar-refractivity contribution in [3.05, 3.63) is 29.8 Å². The first kappa shape index (κ1) is 14.1. The second-order valence-electron chi connectivity index (χ2n) is 4.82. The van der Waals surface area contributed by atoms with E-state index in [1.54, 1.807) is 20.8 Å². The fourth-order valence-electron chi connectivity index (χ4n) is 1.39. The number of pyridine rings is 1. The number of aliphatic carboxylic acids is 1. The minimum absolute atomic E-state index is 0.0209. The van der Waals surface area contributed by atoms with E-state index in [1.165, 1.54) is 11.0 Å². The van der Waals surface area contributed by atoms with Crippen molar-refractivity contribution in [3.8, 4) is 0 Å². The van der Waals surface area contributed by atoms with Crippen molar-refractivity contribution in [3.63, 3.8) is 0 Å². The number of carboxylic acid groups (broad SMARTS) is 1. The van der Waals surface area contributed by atoms with Gasteiger partial charge < -0.3 is 10.0 Å². The number of hydrogen-bond donors (Lipinski definition) is 1. The van der Waals surface area contributed by atoms with Gasteiger partial charge in [-0.1, -0.05) is 0 Å². The van der Waals surface area contributed by atoms with Crippen LogP contribution in [0.4, 0.5) is 4.39 Å². The highest BCUT2D eigenvalue weighted by molar-refractivity contribution is 5.94. The Morgan fingerprint density at radius 3 is 2.39 bits per heavy atom. The van der Waals surface area contributed by atoms with Crippen LogP contribution in [0.1, 0.15) is 31.3 Å². The van der Waals surface area contributed by atoms with Gasteiger partial charge in [0, 0.05) is 5.54 Å². The molecule has 0 fully saturated rings. The van der Waals surface area contributed by atoms with E-state index in [4.69, 9.17) is 5.11 Å². The molecule has 0 aliphatic carbocycles. The monoisotopic (exact) mass is 254 g/mol. The predicted octanol–water partition coefficient (Wildman–Crippen LogP) is 1.55. The number of rotatable bonds is 3. The van der Waals surface area contributed by atoms with Gasteiger partial charge in [0.05, 0.1) is 6.20 Å². The molecule has 0 spiro atoms. The lowest BCUT2D eigenvalue weighted by Gasteiger charge is -2.34. The van der Waals surface area contributed by atoms with Crippen molar-refractivity contribution in [1.29, 1.82) is 0 Å². The zero-order valence-corrected chi connectivity index (χ0v) is 10.5. The molecule has 5 nitrogen and oxygen atoms in total. The van der Waals surface area contributed by atoms with E-state index in [9.17, 15) is 14.0 Å². The van der Waals surface area contributed by atoms with Gasteiger partial charge in [0.2, 0.25) is 0 Å². The Morgan fingerprint density at radius 2 is 2.00 bits per heavy atom. The first-order valence-electron chi connectivity index (χ1n) is 5.37. The Balaban J connectivity index is 3.02. The zero-order chi connectivity index (χ0) is 13.9. The summed E-state index contributed by atoms with van der Waals surface area (Å²) in [5.74, 6) is -2.20. The van der Waals surface area contributed by atoms with Gasteiger partial charge in [-0.15, -0.1) is 0 Å². The maximum atomic E-state index is 12.7. The molecule has 98 valence electrons. The van der Waals surface area contributed by atoms with Gasteiger partial charge in [-0.05, 0) is 32.9 Å². The first-order valence-corrected chi connectivity index (χ1v) is 5.37. The predicted molar refractivity (Wildman–Crippen MR) is 62.6 cm³/mol. The average Bonchev–Trinajstić information content (AvgIpc) is 2.24. The summed E-state index contributed by atoms with van der Waals surface area (Å²) in [5.41, 5.74) is -0.640. The molecular weight excluding hydrogens is 239 g/mol. The average molecular weight is 254 g/mol. The van der Waals surface area contributed by atoms with Crippen molar-refractivity contribution in [2.24, 2.45) is 0 Å². The van der Waals surface area contributed by atoms with Gasteiger partial charge in [-0.3, -0.25) is 9.59 Å². The molecule has 1 aromatic rings. The van der Waals surface area contributed by atoms with Crippen LogP contribution in [0.5, 0.6) is 0 Å². The maximum Gasteiger partial charge on any atom is 0.323 e. The highest BCUT2D eigenvalue weighted by Gasteiger charge is 2.29. The molecule has 18 heavy (non-hydrogen) atoms. The fourth-order valence-corrected chi connectivity index (χ4v) is 1.39. The third-order valence-electron chi connectivity index (χ3n) is 2.29. The lowest BCUT2D eigenvalue weighted by atomic mass is 10.1. The molecule has 0 saturated carbocycles. The van der Waals surface area contributed by atoms with E-state index in [2.05, 4.69) is 4.98 Å². The lowest BCUT2D eigenvalue weighted by Crippen LogP contribution is -2.48. The van der Waals surface area contributed by atoms with Crippen LogP contribution in [-0.2, 0) is 4.79 Å². The van der Waals surface area contributed by atoms with Gasteiger partial charge in [0.15, 0.2) is 0 Å². The molecule has 1 rings (SSSR count). The van der Waals surface area contributed by atoms with Gasteiger partial charge in [-0.25, -0.2) is 9.37 Å². The van der Waals surface area contributed by atoms with E-state index < -0.39 is 29.8 Å². The Labute approximate surface area is 104 Å². The minimum Gasteiger partial charge on any atom is -0.480 e. The maximum absolute atomic E-state index is 12.7. The van der Waals surface area contributed by atoms with Crippen molar-refractivity contribution >= 4 is 11.9 Å². The van der Waals surface area contributed by atoms with Gasteiger partial charge in [-0.2, -0.15) is 0 Å². The van der Waals surface area contributed by atoms with Crippen LogP contribution in [0.2, 0.25) is 0 Å². The summed E-state index contributed by atoms with van der Waals surface area (Å²) in [4.78, 5) is 27.7. The molecule has 0 aliphatic rings. The number of aromatic nitrogens is 1.